The number of rotatable bonds is 7. The molecule has 27 heavy (non-hydrogen) atoms. The van der Waals surface area contributed by atoms with Gasteiger partial charge in [-0.2, -0.15) is 0 Å². The highest BCUT2D eigenvalue weighted by Crippen LogP contribution is 2.26. The standard InChI is InChI=1S/C20H19NO4S2/c1-25-19(22)9-4-8-18(21-27(23,24)20-10-5-13-26-20)17-12-11-15-6-2-3-7-16(15)14-17/h2-7,9-14,18,21H,8H2,1H3/b9-4+/t18-/m1/s1. The van der Waals surface area contributed by atoms with Crippen LogP contribution in [-0.2, 0) is 19.6 Å². The molecular weight excluding hydrogens is 382 g/mol. The van der Waals surface area contributed by atoms with Gasteiger partial charge >= 0.3 is 5.97 Å². The van der Waals surface area contributed by atoms with Gasteiger partial charge in [-0.1, -0.05) is 48.5 Å². The van der Waals surface area contributed by atoms with Crippen molar-refractivity contribution in [3.05, 3.63) is 77.7 Å². The highest BCUT2D eigenvalue weighted by molar-refractivity contribution is 7.91. The third kappa shape index (κ3) is 4.82. The summed E-state index contributed by atoms with van der Waals surface area (Å²) in [5, 5.41) is 3.81. The van der Waals surface area contributed by atoms with Crippen molar-refractivity contribution in [2.24, 2.45) is 0 Å². The predicted molar refractivity (Wildman–Crippen MR) is 107 cm³/mol. The van der Waals surface area contributed by atoms with Crippen LogP contribution in [-0.4, -0.2) is 21.5 Å². The van der Waals surface area contributed by atoms with Crippen molar-refractivity contribution in [3.63, 3.8) is 0 Å². The zero-order chi connectivity index (χ0) is 19.3. The Bertz CT molecular complexity index is 1060. The number of sulfonamides is 1. The van der Waals surface area contributed by atoms with E-state index in [2.05, 4.69) is 9.46 Å². The Morgan fingerprint density at radius 1 is 1.15 bits per heavy atom. The third-order valence-electron chi connectivity index (χ3n) is 4.06. The molecule has 0 bridgehead atoms. The molecule has 5 nitrogen and oxygen atoms in total. The van der Waals surface area contributed by atoms with Crippen LogP contribution in [0.4, 0.5) is 0 Å². The molecule has 1 heterocycles. The van der Waals surface area contributed by atoms with E-state index in [9.17, 15) is 13.2 Å². The maximum Gasteiger partial charge on any atom is 0.330 e. The largest absolute Gasteiger partial charge is 0.466 e. The van der Waals surface area contributed by atoms with E-state index in [1.807, 2.05) is 42.5 Å². The van der Waals surface area contributed by atoms with Gasteiger partial charge in [0.25, 0.3) is 10.0 Å². The SMILES string of the molecule is COC(=O)/C=C/C[C@@H](NS(=O)(=O)c1cccs1)c1ccc2ccccc2c1. The first-order valence-electron chi connectivity index (χ1n) is 8.28. The summed E-state index contributed by atoms with van der Waals surface area (Å²) >= 11 is 1.16. The summed E-state index contributed by atoms with van der Waals surface area (Å²) in [6, 6.07) is 16.4. The summed E-state index contributed by atoms with van der Waals surface area (Å²) in [5.41, 5.74) is 0.823. The highest BCUT2D eigenvalue weighted by Gasteiger charge is 2.21. The number of carbonyl (C=O) groups excluding carboxylic acids is 1. The molecule has 0 spiro atoms. The fourth-order valence-corrected chi connectivity index (χ4v) is 4.95. The van der Waals surface area contributed by atoms with Crippen molar-refractivity contribution in [1.82, 2.24) is 4.72 Å². The van der Waals surface area contributed by atoms with E-state index < -0.39 is 22.0 Å². The van der Waals surface area contributed by atoms with Crippen LogP contribution in [0.2, 0.25) is 0 Å². The van der Waals surface area contributed by atoms with Gasteiger partial charge in [0.1, 0.15) is 4.21 Å². The average molecular weight is 402 g/mol. The first-order valence-corrected chi connectivity index (χ1v) is 10.6. The zero-order valence-corrected chi connectivity index (χ0v) is 16.3. The number of nitrogens with one attached hydrogen (secondary N) is 1. The minimum Gasteiger partial charge on any atom is -0.466 e. The van der Waals surface area contributed by atoms with Crippen molar-refractivity contribution < 1.29 is 17.9 Å². The Labute approximate surface area is 162 Å². The molecule has 0 aliphatic carbocycles. The maximum atomic E-state index is 12.7. The van der Waals surface area contributed by atoms with Gasteiger partial charge in [0, 0.05) is 6.08 Å². The van der Waals surface area contributed by atoms with Gasteiger partial charge in [0.15, 0.2) is 0 Å². The highest BCUT2D eigenvalue weighted by atomic mass is 32.2. The average Bonchev–Trinajstić information content (AvgIpc) is 3.22. The minimum absolute atomic E-state index is 0.255. The molecular formula is C20H19NO4S2. The number of methoxy groups -OCH3 is 1. The summed E-state index contributed by atoms with van der Waals surface area (Å²) in [7, 11) is -2.36. The molecule has 3 rings (SSSR count). The Morgan fingerprint density at radius 2 is 1.93 bits per heavy atom. The molecule has 3 aromatic rings. The summed E-state index contributed by atoms with van der Waals surface area (Å²) < 4.78 is 32.9. The van der Waals surface area contributed by atoms with Gasteiger partial charge in [0.05, 0.1) is 13.2 Å². The van der Waals surface area contributed by atoms with Crippen LogP contribution < -0.4 is 4.72 Å². The first kappa shape index (κ1) is 19.3. The fourth-order valence-electron chi connectivity index (χ4n) is 2.71. The van der Waals surface area contributed by atoms with Gasteiger partial charge in [-0.15, -0.1) is 11.3 Å². The van der Waals surface area contributed by atoms with Crippen LogP contribution >= 0.6 is 11.3 Å². The minimum atomic E-state index is -3.66. The second kappa shape index (κ2) is 8.47. The van der Waals surface area contributed by atoms with Gasteiger partial charge in [-0.3, -0.25) is 0 Å². The van der Waals surface area contributed by atoms with Crippen LogP contribution in [0.15, 0.2) is 76.3 Å². The van der Waals surface area contributed by atoms with E-state index in [0.717, 1.165) is 27.7 Å². The fraction of sp³-hybridized carbons (Fsp3) is 0.150. The molecule has 0 amide bonds. The van der Waals surface area contributed by atoms with Crippen molar-refractivity contribution in [1.29, 1.82) is 0 Å². The predicted octanol–water partition coefficient (Wildman–Crippen LogP) is 4.04. The van der Waals surface area contributed by atoms with Gasteiger partial charge in [-0.25, -0.2) is 17.9 Å². The van der Waals surface area contributed by atoms with Crippen molar-refractivity contribution >= 4 is 38.1 Å². The first-order chi connectivity index (χ1) is 13.0. The quantitative estimate of drug-likeness (QED) is 0.479. The molecule has 2 aromatic carbocycles. The van der Waals surface area contributed by atoms with Crippen LogP contribution in [0.3, 0.4) is 0 Å². The van der Waals surface area contributed by atoms with Crippen LogP contribution in [0, 0.1) is 0 Å². The van der Waals surface area contributed by atoms with Gasteiger partial charge in [-0.05, 0) is 40.3 Å². The van der Waals surface area contributed by atoms with Crippen molar-refractivity contribution in [2.75, 3.05) is 7.11 Å². The summed E-state index contributed by atoms with van der Waals surface area (Å²) in [4.78, 5) is 11.3. The Kier molecular flexibility index (Phi) is 6.05. The van der Waals surface area contributed by atoms with E-state index in [-0.39, 0.29) is 4.21 Å². The molecule has 0 aliphatic rings. The summed E-state index contributed by atoms with van der Waals surface area (Å²) in [6.45, 7) is 0. The normalized spacial score (nSPS) is 13.1. The lowest BCUT2D eigenvalue weighted by atomic mass is 10.0. The van der Waals surface area contributed by atoms with Crippen molar-refractivity contribution in [2.45, 2.75) is 16.7 Å². The van der Waals surface area contributed by atoms with E-state index >= 15 is 0 Å². The number of carbonyl (C=O) groups is 1. The molecule has 1 atom stereocenters. The summed E-state index contributed by atoms with van der Waals surface area (Å²) in [6.07, 6.45) is 3.23. The van der Waals surface area contributed by atoms with Gasteiger partial charge < -0.3 is 4.74 Å². The number of esters is 1. The molecule has 0 unspecified atom stereocenters. The molecule has 140 valence electrons. The number of ether oxygens (including phenoxy) is 1. The molecule has 0 aliphatic heterocycles. The molecule has 0 saturated carbocycles. The van der Waals surface area contributed by atoms with E-state index in [0.29, 0.717) is 6.42 Å². The lowest BCUT2D eigenvalue weighted by molar-refractivity contribution is -0.134. The number of thiophene rings is 1. The molecule has 1 aromatic heterocycles. The second-order valence-corrected chi connectivity index (χ2v) is 8.76. The van der Waals surface area contributed by atoms with Crippen molar-refractivity contribution in [3.8, 4) is 0 Å². The number of fused-ring (bicyclic) bond motifs is 1. The second-order valence-electron chi connectivity index (χ2n) is 5.87. The third-order valence-corrected chi connectivity index (χ3v) is 6.93. The van der Waals surface area contributed by atoms with Gasteiger partial charge in [0.2, 0.25) is 0 Å². The van der Waals surface area contributed by atoms with Crippen LogP contribution in [0.25, 0.3) is 10.8 Å². The lowest BCUT2D eigenvalue weighted by Gasteiger charge is -2.18. The molecule has 0 saturated heterocycles. The molecule has 0 fully saturated rings. The smallest absolute Gasteiger partial charge is 0.330 e. The van der Waals surface area contributed by atoms with E-state index in [1.54, 1.807) is 23.6 Å². The topological polar surface area (TPSA) is 72.5 Å². The van der Waals surface area contributed by atoms with Crippen LogP contribution in [0.5, 0.6) is 0 Å². The van der Waals surface area contributed by atoms with Crippen LogP contribution in [0.1, 0.15) is 18.0 Å². The molecule has 0 radical (unpaired) electrons. The Balaban J connectivity index is 1.93. The Morgan fingerprint density at radius 3 is 2.63 bits per heavy atom. The number of hydrogen-bond acceptors (Lipinski definition) is 5. The monoisotopic (exact) mass is 401 g/mol. The number of benzene rings is 2. The van der Waals surface area contributed by atoms with E-state index in [4.69, 9.17) is 0 Å². The molecule has 7 heteroatoms. The molecule has 1 N–H and O–H groups in total. The van der Waals surface area contributed by atoms with E-state index in [1.165, 1.54) is 13.2 Å². The summed E-state index contributed by atoms with van der Waals surface area (Å²) in [5.74, 6) is -0.478. The maximum absolute atomic E-state index is 12.7. The zero-order valence-electron chi connectivity index (χ0n) is 14.7. The Hall–Kier alpha value is -2.48. The lowest BCUT2D eigenvalue weighted by Crippen LogP contribution is -2.28. The number of hydrogen-bond donors (Lipinski definition) is 1.